The Kier molecular flexibility index (Phi) is 5.95. The molecule has 3 heteroatoms. The second-order valence-electron chi connectivity index (χ2n) is 7.21. The summed E-state index contributed by atoms with van der Waals surface area (Å²) in [5, 5.41) is 0. The van der Waals surface area contributed by atoms with E-state index in [4.69, 9.17) is 4.74 Å². The van der Waals surface area contributed by atoms with Gasteiger partial charge in [0.05, 0.1) is 0 Å². The van der Waals surface area contributed by atoms with Gasteiger partial charge in [-0.3, -0.25) is 0 Å². The van der Waals surface area contributed by atoms with Crippen molar-refractivity contribution >= 4 is 23.0 Å². The Hall–Kier alpha value is -4.11. The van der Waals surface area contributed by atoms with Crippen LogP contribution < -0.4 is 9.64 Å². The first-order valence-corrected chi connectivity index (χ1v) is 10.1. The van der Waals surface area contributed by atoms with Crippen molar-refractivity contribution in [3.8, 4) is 16.9 Å². The van der Waals surface area contributed by atoms with Crippen LogP contribution in [-0.4, -0.2) is 5.97 Å². The lowest BCUT2D eigenvalue weighted by atomic mass is 10.0. The summed E-state index contributed by atoms with van der Waals surface area (Å²) in [5.74, 6) is 0.0363. The smallest absolute Gasteiger partial charge is 0.335 e. The molecule has 4 aromatic rings. The van der Waals surface area contributed by atoms with E-state index in [9.17, 15) is 4.79 Å². The Morgan fingerprint density at radius 1 is 0.742 bits per heavy atom. The normalized spacial score (nSPS) is 10.4. The minimum atomic E-state index is -0.464. The number of benzene rings is 4. The third kappa shape index (κ3) is 4.73. The molecular weight excluding hydrogens is 382 g/mol. The lowest BCUT2D eigenvalue weighted by Crippen LogP contribution is -2.09. The molecule has 3 nitrogen and oxygen atoms in total. The predicted octanol–water partition coefficient (Wildman–Crippen LogP) is 7.22. The van der Waals surface area contributed by atoms with Gasteiger partial charge in [0.2, 0.25) is 0 Å². The zero-order valence-corrected chi connectivity index (χ0v) is 17.4. The highest BCUT2D eigenvalue weighted by Gasteiger charge is 2.12. The summed E-state index contributed by atoms with van der Waals surface area (Å²) in [4.78, 5) is 13.6. The highest BCUT2D eigenvalue weighted by molar-refractivity contribution is 5.83. The van der Waals surface area contributed by atoms with Crippen molar-refractivity contribution in [1.82, 2.24) is 0 Å². The molecule has 0 N–H and O–H groups in total. The summed E-state index contributed by atoms with van der Waals surface area (Å²) < 4.78 is 5.15. The van der Waals surface area contributed by atoms with Crippen LogP contribution >= 0.6 is 0 Å². The van der Waals surface area contributed by atoms with Gasteiger partial charge in [-0.05, 0) is 72.1 Å². The lowest BCUT2D eigenvalue weighted by Gasteiger charge is -2.26. The van der Waals surface area contributed by atoms with Gasteiger partial charge in [-0.15, -0.1) is 0 Å². The van der Waals surface area contributed by atoms with E-state index in [1.807, 2.05) is 30.3 Å². The van der Waals surface area contributed by atoms with Gasteiger partial charge in [-0.25, -0.2) is 4.79 Å². The number of carbonyl (C=O) groups excluding carboxylic acids is 1. The van der Waals surface area contributed by atoms with Crippen LogP contribution in [0.25, 0.3) is 11.1 Å². The zero-order valence-electron chi connectivity index (χ0n) is 17.4. The Morgan fingerprint density at radius 2 is 1.32 bits per heavy atom. The number of ether oxygens (including phenoxy) is 1. The third-order valence-corrected chi connectivity index (χ3v) is 4.97. The van der Waals surface area contributed by atoms with Crippen molar-refractivity contribution in [2.45, 2.75) is 6.92 Å². The largest absolute Gasteiger partial charge is 0.423 e. The Morgan fingerprint density at radius 3 is 1.94 bits per heavy atom. The summed E-state index contributed by atoms with van der Waals surface area (Å²) in [5.41, 5.74) is 6.65. The van der Waals surface area contributed by atoms with E-state index >= 15 is 0 Å². The van der Waals surface area contributed by atoms with Gasteiger partial charge in [0.1, 0.15) is 5.75 Å². The zero-order chi connectivity index (χ0) is 21.6. The van der Waals surface area contributed by atoms with Crippen molar-refractivity contribution in [2.24, 2.45) is 0 Å². The van der Waals surface area contributed by atoms with Crippen molar-refractivity contribution in [3.05, 3.63) is 121 Å². The van der Waals surface area contributed by atoms with Gasteiger partial charge in [0.25, 0.3) is 0 Å². The van der Waals surface area contributed by atoms with Gasteiger partial charge in [-0.2, -0.15) is 0 Å². The minimum Gasteiger partial charge on any atom is -0.423 e. The number of para-hydroxylation sites is 1. The van der Waals surface area contributed by atoms with Gasteiger partial charge in [0, 0.05) is 23.1 Å². The Labute approximate surface area is 182 Å². The van der Waals surface area contributed by atoms with Crippen molar-refractivity contribution in [1.29, 1.82) is 0 Å². The highest BCUT2D eigenvalue weighted by atomic mass is 16.5. The van der Waals surface area contributed by atoms with E-state index in [2.05, 4.69) is 79.1 Å². The van der Waals surface area contributed by atoms with E-state index in [-0.39, 0.29) is 0 Å². The maximum Gasteiger partial charge on any atom is 0.335 e. The Bertz CT molecular complexity index is 1180. The number of hydrogen-bond donors (Lipinski definition) is 0. The van der Waals surface area contributed by atoms with E-state index in [0.717, 1.165) is 34.3 Å². The molecule has 0 spiro atoms. The topological polar surface area (TPSA) is 29.5 Å². The van der Waals surface area contributed by atoms with Crippen LogP contribution in [-0.2, 0) is 4.79 Å². The standard InChI is InChI=1S/C28H23NO2/c1-3-28(30)31-27-18-14-23(15-19-27)22-12-16-25(17-13-22)29(24-9-5-4-6-10-24)26-11-7-8-21(2)20-26/h3-20H,1H2,2H3. The number of aryl methyl sites for hydroxylation is 1. The van der Waals surface area contributed by atoms with E-state index in [1.165, 1.54) is 5.56 Å². The molecule has 0 amide bonds. The molecule has 4 aromatic carbocycles. The van der Waals surface area contributed by atoms with Crippen LogP contribution in [0.5, 0.6) is 5.75 Å². The van der Waals surface area contributed by atoms with E-state index in [0.29, 0.717) is 5.75 Å². The number of hydrogen-bond acceptors (Lipinski definition) is 3. The first-order chi connectivity index (χ1) is 15.1. The second kappa shape index (κ2) is 9.14. The first-order valence-electron chi connectivity index (χ1n) is 10.1. The number of rotatable bonds is 6. The van der Waals surface area contributed by atoms with Gasteiger partial charge >= 0.3 is 5.97 Å². The van der Waals surface area contributed by atoms with E-state index < -0.39 is 5.97 Å². The van der Waals surface area contributed by atoms with Crippen LogP contribution in [0.15, 0.2) is 116 Å². The predicted molar refractivity (Wildman–Crippen MR) is 127 cm³/mol. The van der Waals surface area contributed by atoms with Gasteiger partial charge < -0.3 is 9.64 Å². The first kappa shape index (κ1) is 20.2. The average molecular weight is 405 g/mol. The highest BCUT2D eigenvalue weighted by Crippen LogP contribution is 2.35. The fourth-order valence-electron chi connectivity index (χ4n) is 3.47. The molecule has 0 aliphatic heterocycles. The Balaban J connectivity index is 1.64. The van der Waals surface area contributed by atoms with Gasteiger partial charge in [0.15, 0.2) is 0 Å². The quantitative estimate of drug-likeness (QED) is 0.193. The lowest BCUT2D eigenvalue weighted by molar-refractivity contribution is -0.128. The summed E-state index contributed by atoms with van der Waals surface area (Å²) in [6.45, 7) is 5.52. The molecule has 0 heterocycles. The molecule has 0 aromatic heterocycles. The van der Waals surface area contributed by atoms with Crippen molar-refractivity contribution in [2.75, 3.05) is 4.90 Å². The molecule has 0 saturated heterocycles. The van der Waals surface area contributed by atoms with Crippen LogP contribution in [0.2, 0.25) is 0 Å². The molecule has 4 rings (SSSR count). The fourth-order valence-corrected chi connectivity index (χ4v) is 3.47. The maximum atomic E-state index is 11.3. The molecule has 31 heavy (non-hydrogen) atoms. The molecule has 0 aliphatic carbocycles. The molecule has 0 unspecified atom stereocenters. The molecule has 0 fully saturated rings. The maximum absolute atomic E-state index is 11.3. The second-order valence-corrected chi connectivity index (χ2v) is 7.21. The summed E-state index contributed by atoms with van der Waals surface area (Å²) in [6, 6.07) is 34.7. The average Bonchev–Trinajstić information content (AvgIpc) is 2.81. The number of esters is 1. The van der Waals surface area contributed by atoms with Gasteiger partial charge in [-0.1, -0.05) is 61.2 Å². The van der Waals surface area contributed by atoms with Crippen LogP contribution in [0.4, 0.5) is 17.1 Å². The molecule has 0 atom stereocenters. The van der Waals surface area contributed by atoms with Crippen molar-refractivity contribution in [3.63, 3.8) is 0 Å². The van der Waals surface area contributed by atoms with Crippen LogP contribution in [0, 0.1) is 6.92 Å². The van der Waals surface area contributed by atoms with E-state index in [1.54, 1.807) is 12.1 Å². The molecule has 0 radical (unpaired) electrons. The third-order valence-electron chi connectivity index (χ3n) is 4.97. The monoisotopic (exact) mass is 405 g/mol. The molecule has 0 bridgehead atoms. The number of carbonyl (C=O) groups is 1. The van der Waals surface area contributed by atoms with Crippen LogP contribution in [0.1, 0.15) is 5.56 Å². The summed E-state index contributed by atoms with van der Waals surface area (Å²) in [6.07, 6.45) is 1.15. The summed E-state index contributed by atoms with van der Waals surface area (Å²) >= 11 is 0. The fraction of sp³-hybridized carbons (Fsp3) is 0.0357. The number of nitrogens with zero attached hydrogens (tertiary/aromatic N) is 1. The van der Waals surface area contributed by atoms with Crippen molar-refractivity contribution < 1.29 is 9.53 Å². The SMILES string of the molecule is C=CC(=O)Oc1ccc(-c2ccc(N(c3ccccc3)c3cccc(C)c3)cc2)cc1. The molecule has 0 saturated carbocycles. The molecular formula is C28H23NO2. The molecule has 0 aliphatic rings. The number of anilines is 3. The van der Waals surface area contributed by atoms with Crippen LogP contribution in [0.3, 0.4) is 0 Å². The summed E-state index contributed by atoms with van der Waals surface area (Å²) in [7, 11) is 0. The molecule has 152 valence electrons. The minimum absolute atomic E-state index is 0.464.